The number of nitriles is 1. The molecule has 0 aromatic carbocycles. The van der Waals surface area contributed by atoms with Crippen molar-refractivity contribution >= 4 is 0 Å². The van der Waals surface area contributed by atoms with E-state index >= 15 is 0 Å². The molecule has 0 aliphatic carbocycles. The molecule has 98 valence electrons. The highest BCUT2D eigenvalue weighted by Crippen LogP contribution is 2.23. The number of likely N-dealkylation sites (N-methyl/N-ethyl adjacent to an activating group) is 1. The molecule has 1 fully saturated rings. The van der Waals surface area contributed by atoms with Gasteiger partial charge in [0, 0.05) is 25.6 Å². The SMILES string of the molecule is CCN(CC)CCNC1(C#N)CCNCC1C. The zero-order valence-electron chi connectivity index (χ0n) is 11.4. The van der Waals surface area contributed by atoms with Crippen LogP contribution in [-0.2, 0) is 0 Å². The Morgan fingerprint density at radius 1 is 1.47 bits per heavy atom. The molecule has 0 saturated carbocycles. The molecule has 0 spiro atoms. The van der Waals surface area contributed by atoms with E-state index in [1.165, 1.54) is 0 Å². The minimum absolute atomic E-state index is 0.321. The van der Waals surface area contributed by atoms with Crippen LogP contribution in [0.1, 0.15) is 27.2 Å². The summed E-state index contributed by atoms with van der Waals surface area (Å²) in [6, 6.07) is 2.51. The highest BCUT2D eigenvalue weighted by Gasteiger charge is 2.37. The molecule has 0 amide bonds. The van der Waals surface area contributed by atoms with Crippen LogP contribution in [0.4, 0.5) is 0 Å². The van der Waals surface area contributed by atoms with Crippen molar-refractivity contribution in [1.29, 1.82) is 5.26 Å². The highest BCUT2D eigenvalue weighted by molar-refractivity contribution is 5.12. The van der Waals surface area contributed by atoms with E-state index in [0.717, 1.165) is 45.7 Å². The normalized spacial score (nSPS) is 29.2. The Balaban J connectivity index is 2.44. The van der Waals surface area contributed by atoms with Crippen LogP contribution in [0.25, 0.3) is 0 Å². The van der Waals surface area contributed by atoms with Gasteiger partial charge in [0.1, 0.15) is 5.54 Å². The zero-order chi connectivity index (χ0) is 12.7. The third kappa shape index (κ3) is 3.67. The highest BCUT2D eigenvalue weighted by atomic mass is 15.1. The van der Waals surface area contributed by atoms with Crippen molar-refractivity contribution < 1.29 is 0 Å². The standard InChI is InChI=1S/C13H26N4/c1-4-17(5-2)9-8-16-13(11-14)6-7-15-10-12(13)3/h12,15-16H,4-10H2,1-3H3. The summed E-state index contributed by atoms with van der Waals surface area (Å²) in [5.74, 6) is 0.373. The van der Waals surface area contributed by atoms with Gasteiger partial charge in [0.2, 0.25) is 0 Å². The van der Waals surface area contributed by atoms with E-state index in [2.05, 4.69) is 42.4 Å². The number of rotatable bonds is 6. The van der Waals surface area contributed by atoms with Gasteiger partial charge in [-0.2, -0.15) is 5.26 Å². The van der Waals surface area contributed by atoms with E-state index in [1.807, 2.05) is 0 Å². The fourth-order valence-corrected chi connectivity index (χ4v) is 2.47. The predicted octanol–water partition coefficient (Wildman–Crippen LogP) is 0.810. The largest absolute Gasteiger partial charge is 0.316 e. The van der Waals surface area contributed by atoms with Gasteiger partial charge >= 0.3 is 0 Å². The van der Waals surface area contributed by atoms with Crippen LogP contribution >= 0.6 is 0 Å². The Morgan fingerprint density at radius 2 is 2.18 bits per heavy atom. The van der Waals surface area contributed by atoms with Crippen LogP contribution in [0.15, 0.2) is 0 Å². The monoisotopic (exact) mass is 238 g/mol. The third-order valence-corrected chi connectivity index (χ3v) is 3.95. The third-order valence-electron chi connectivity index (χ3n) is 3.95. The van der Waals surface area contributed by atoms with Gasteiger partial charge in [0.05, 0.1) is 6.07 Å². The van der Waals surface area contributed by atoms with Crippen molar-refractivity contribution in [3.8, 4) is 6.07 Å². The molecule has 4 heteroatoms. The average Bonchev–Trinajstić information content (AvgIpc) is 2.37. The predicted molar refractivity (Wildman–Crippen MR) is 70.8 cm³/mol. The van der Waals surface area contributed by atoms with Gasteiger partial charge < -0.3 is 10.2 Å². The molecule has 0 aromatic heterocycles. The minimum atomic E-state index is -0.321. The molecule has 1 heterocycles. The summed E-state index contributed by atoms with van der Waals surface area (Å²) in [6.45, 7) is 12.5. The van der Waals surface area contributed by atoms with E-state index in [9.17, 15) is 5.26 Å². The molecule has 4 nitrogen and oxygen atoms in total. The molecule has 0 bridgehead atoms. The van der Waals surface area contributed by atoms with Crippen molar-refractivity contribution in [2.45, 2.75) is 32.7 Å². The first kappa shape index (κ1) is 14.4. The van der Waals surface area contributed by atoms with Crippen molar-refractivity contribution in [1.82, 2.24) is 15.5 Å². The second kappa shape index (κ2) is 6.95. The molecule has 1 aliphatic heterocycles. The van der Waals surface area contributed by atoms with Crippen molar-refractivity contribution in [2.24, 2.45) is 5.92 Å². The molecule has 2 unspecified atom stereocenters. The molecule has 0 aromatic rings. The lowest BCUT2D eigenvalue weighted by atomic mass is 9.80. The Hall–Kier alpha value is -0.630. The summed E-state index contributed by atoms with van der Waals surface area (Å²) < 4.78 is 0. The van der Waals surface area contributed by atoms with Gasteiger partial charge in [-0.15, -0.1) is 0 Å². The van der Waals surface area contributed by atoms with Gasteiger partial charge in [0.15, 0.2) is 0 Å². The number of piperidine rings is 1. The molecule has 2 atom stereocenters. The van der Waals surface area contributed by atoms with Gasteiger partial charge in [-0.05, 0) is 26.1 Å². The molecule has 1 saturated heterocycles. The van der Waals surface area contributed by atoms with Crippen molar-refractivity contribution in [3.63, 3.8) is 0 Å². The molecule has 1 aliphatic rings. The summed E-state index contributed by atoms with van der Waals surface area (Å²) in [5, 5.41) is 16.3. The first-order valence-electron chi connectivity index (χ1n) is 6.77. The summed E-state index contributed by atoms with van der Waals surface area (Å²) in [4.78, 5) is 2.38. The number of hydrogen-bond donors (Lipinski definition) is 2. The van der Waals surface area contributed by atoms with Crippen LogP contribution in [-0.4, -0.2) is 49.7 Å². The first-order chi connectivity index (χ1) is 8.18. The Morgan fingerprint density at radius 3 is 2.71 bits per heavy atom. The van der Waals surface area contributed by atoms with Gasteiger partial charge in [-0.25, -0.2) is 0 Å². The smallest absolute Gasteiger partial charge is 0.111 e. The number of nitrogens with zero attached hydrogens (tertiary/aromatic N) is 2. The lowest BCUT2D eigenvalue weighted by molar-refractivity contribution is 0.211. The topological polar surface area (TPSA) is 51.1 Å². The Labute approximate surface area is 105 Å². The quantitative estimate of drug-likeness (QED) is 0.719. The maximum atomic E-state index is 9.44. The van der Waals surface area contributed by atoms with Gasteiger partial charge in [-0.1, -0.05) is 20.8 Å². The van der Waals surface area contributed by atoms with Crippen LogP contribution in [0.2, 0.25) is 0 Å². The molecule has 17 heavy (non-hydrogen) atoms. The van der Waals surface area contributed by atoms with Crippen molar-refractivity contribution in [2.75, 3.05) is 39.3 Å². The Kier molecular flexibility index (Phi) is 5.90. The fourth-order valence-electron chi connectivity index (χ4n) is 2.47. The van der Waals surface area contributed by atoms with Gasteiger partial charge in [-0.3, -0.25) is 5.32 Å². The van der Waals surface area contributed by atoms with E-state index in [-0.39, 0.29) is 5.54 Å². The summed E-state index contributed by atoms with van der Waals surface area (Å²) in [6.07, 6.45) is 0.906. The molecule has 1 rings (SSSR count). The van der Waals surface area contributed by atoms with E-state index in [0.29, 0.717) is 5.92 Å². The number of nitrogens with one attached hydrogen (secondary N) is 2. The molecule has 0 radical (unpaired) electrons. The van der Waals surface area contributed by atoms with Crippen LogP contribution in [0.3, 0.4) is 0 Å². The first-order valence-corrected chi connectivity index (χ1v) is 6.77. The maximum Gasteiger partial charge on any atom is 0.111 e. The second-order valence-corrected chi connectivity index (χ2v) is 4.89. The molecular weight excluding hydrogens is 212 g/mol. The van der Waals surface area contributed by atoms with Gasteiger partial charge in [0.25, 0.3) is 0 Å². The molecular formula is C13H26N4. The minimum Gasteiger partial charge on any atom is -0.316 e. The van der Waals surface area contributed by atoms with E-state index < -0.39 is 0 Å². The lowest BCUT2D eigenvalue weighted by Crippen LogP contribution is -2.58. The van der Waals surface area contributed by atoms with Crippen molar-refractivity contribution in [3.05, 3.63) is 0 Å². The maximum absolute atomic E-state index is 9.44. The average molecular weight is 238 g/mol. The van der Waals surface area contributed by atoms with E-state index in [4.69, 9.17) is 0 Å². The fraction of sp³-hybridized carbons (Fsp3) is 0.923. The van der Waals surface area contributed by atoms with Crippen LogP contribution in [0, 0.1) is 17.2 Å². The second-order valence-electron chi connectivity index (χ2n) is 4.89. The summed E-state index contributed by atoms with van der Waals surface area (Å²) in [5.41, 5.74) is -0.321. The van der Waals surface area contributed by atoms with Crippen LogP contribution < -0.4 is 10.6 Å². The number of hydrogen-bond acceptors (Lipinski definition) is 4. The van der Waals surface area contributed by atoms with Crippen LogP contribution in [0.5, 0.6) is 0 Å². The zero-order valence-corrected chi connectivity index (χ0v) is 11.4. The summed E-state index contributed by atoms with van der Waals surface area (Å²) in [7, 11) is 0. The lowest BCUT2D eigenvalue weighted by Gasteiger charge is -2.38. The van der Waals surface area contributed by atoms with E-state index in [1.54, 1.807) is 0 Å². The molecule has 2 N–H and O–H groups in total. The summed E-state index contributed by atoms with van der Waals surface area (Å²) >= 11 is 0. The Bertz CT molecular complexity index is 257.